The van der Waals surface area contributed by atoms with Gasteiger partial charge in [0.25, 0.3) is 11.4 Å². The SMILES string of the molecule is O=C(Cn1c(=O)cc(-c2nc(-c3ccccn3)no2)c2ccccc21)NCc1ccc2c(c1)OCO2. The fourth-order valence-corrected chi connectivity index (χ4v) is 4.06. The maximum absolute atomic E-state index is 13.1. The molecular formula is C26H19N5O5. The lowest BCUT2D eigenvalue weighted by atomic mass is 10.1. The van der Waals surface area contributed by atoms with Crippen LogP contribution in [0.4, 0.5) is 0 Å². The number of carbonyl (C=O) groups is 1. The van der Waals surface area contributed by atoms with Crippen LogP contribution in [0.2, 0.25) is 0 Å². The van der Waals surface area contributed by atoms with Crippen molar-refractivity contribution >= 4 is 16.8 Å². The van der Waals surface area contributed by atoms with E-state index in [1.165, 1.54) is 10.6 Å². The average molecular weight is 481 g/mol. The van der Waals surface area contributed by atoms with Gasteiger partial charge in [0, 0.05) is 24.2 Å². The Labute approximate surface area is 204 Å². The standard InChI is InChI=1S/C26H19N5O5/c32-23(28-13-16-8-9-21-22(11-16)35-15-34-21)14-31-20-7-2-1-5-17(20)18(12-24(31)33)26-29-25(30-36-26)19-6-3-4-10-27-19/h1-12H,13-15H2,(H,28,32). The van der Waals surface area contributed by atoms with E-state index in [0.29, 0.717) is 46.0 Å². The molecule has 0 radical (unpaired) electrons. The Hall–Kier alpha value is -4.99. The van der Waals surface area contributed by atoms with E-state index in [1.807, 2.05) is 30.3 Å². The molecule has 0 aliphatic carbocycles. The maximum Gasteiger partial charge on any atom is 0.259 e. The van der Waals surface area contributed by atoms with Crippen LogP contribution in [0.3, 0.4) is 0 Å². The molecule has 0 unspecified atom stereocenters. The van der Waals surface area contributed by atoms with Crippen LogP contribution in [0.25, 0.3) is 33.9 Å². The van der Waals surface area contributed by atoms with Crippen molar-refractivity contribution < 1.29 is 18.8 Å². The van der Waals surface area contributed by atoms with E-state index in [-0.39, 0.29) is 30.7 Å². The number of benzene rings is 2. The fraction of sp³-hybridized carbons (Fsp3) is 0.115. The van der Waals surface area contributed by atoms with Gasteiger partial charge in [-0.3, -0.25) is 19.1 Å². The molecule has 0 saturated carbocycles. The van der Waals surface area contributed by atoms with Gasteiger partial charge in [-0.2, -0.15) is 4.98 Å². The molecule has 1 amide bonds. The van der Waals surface area contributed by atoms with Gasteiger partial charge in [-0.1, -0.05) is 35.5 Å². The summed E-state index contributed by atoms with van der Waals surface area (Å²) in [6.07, 6.45) is 1.64. The zero-order valence-electron chi connectivity index (χ0n) is 18.9. The predicted octanol–water partition coefficient (Wildman–Crippen LogP) is 3.16. The van der Waals surface area contributed by atoms with Crippen LogP contribution in [0.1, 0.15) is 5.56 Å². The smallest absolute Gasteiger partial charge is 0.259 e. The number of aromatic nitrogens is 4. The Morgan fingerprint density at radius 3 is 2.75 bits per heavy atom. The second kappa shape index (κ2) is 8.99. The number of rotatable bonds is 6. The third kappa shape index (κ3) is 4.05. The Balaban J connectivity index is 1.26. The first-order valence-electron chi connectivity index (χ1n) is 11.2. The summed E-state index contributed by atoms with van der Waals surface area (Å²) in [6, 6.07) is 19.5. The van der Waals surface area contributed by atoms with Crippen LogP contribution in [-0.4, -0.2) is 32.4 Å². The summed E-state index contributed by atoms with van der Waals surface area (Å²) < 4.78 is 17.6. The summed E-state index contributed by atoms with van der Waals surface area (Å²) in [7, 11) is 0. The van der Waals surface area contributed by atoms with Crippen molar-refractivity contribution in [2.75, 3.05) is 6.79 Å². The second-order valence-electron chi connectivity index (χ2n) is 8.10. The first-order chi connectivity index (χ1) is 17.7. The molecule has 2 aromatic carbocycles. The summed E-state index contributed by atoms with van der Waals surface area (Å²) in [4.78, 5) is 34.5. The molecule has 3 aromatic heterocycles. The number of amides is 1. The van der Waals surface area contributed by atoms with Crippen LogP contribution < -0.4 is 20.3 Å². The quantitative estimate of drug-likeness (QED) is 0.393. The van der Waals surface area contributed by atoms with Crippen molar-refractivity contribution in [2.45, 2.75) is 13.1 Å². The number of fused-ring (bicyclic) bond motifs is 2. The van der Waals surface area contributed by atoms with Crippen molar-refractivity contribution in [3.63, 3.8) is 0 Å². The monoisotopic (exact) mass is 481 g/mol. The van der Waals surface area contributed by atoms with Crippen molar-refractivity contribution in [3.05, 3.63) is 88.8 Å². The van der Waals surface area contributed by atoms with E-state index >= 15 is 0 Å². The first-order valence-corrected chi connectivity index (χ1v) is 11.2. The molecule has 6 rings (SSSR count). The lowest BCUT2D eigenvalue weighted by Crippen LogP contribution is -2.32. The number of hydrogen-bond acceptors (Lipinski definition) is 8. The molecule has 1 aliphatic rings. The largest absolute Gasteiger partial charge is 0.454 e. The normalized spacial score (nSPS) is 12.1. The Morgan fingerprint density at radius 2 is 1.86 bits per heavy atom. The van der Waals surface area contributed by atoms with Gasteiger partial charge in [0.1, 0.15) is 12.2 Å². The minimum Gasteiger partial charge on any atom is -0.454 e. The lowest BCUT2D eigenvalue weighted by Gasteiger charge is -2.12. The Kier molecular flexibility index (Phi) is 5.38. The third-order valence-electron chi connectivity index (χ3n) is 5.80. The highest BCUT2D eigenvalue weighted by Crippen LogP contribution is 2.32. The van der Waals surface area contributed by atoms with Crippen molar-refractivity contribution in [1.82, 2.24) is 25.0 Å². The van der Waals surface area contributed by atoms with Crippen molar-refractivity contribution in [1.29, 1.82) is 0 Å². The highest BCUT2D eigenvalue weighted by Gasteiger charge is 2.18. The number of nitrogens with one attached hydrogen (secondary N) is 1. The summed E-state index contributed by atoms with van der Waals surface area (Å²) in [5.74, 6) is 1.54. The van der Waals surface area contributed by atoms with E-state index in [0.717, 1.165) is 5.56 Å². The Bertz CT molecular complexity index is 1640. The third-order valence-corrected chi connectivity index (χ3v) is 5.80. The highest BCUT2D eigenvalue weighted by molar-refractivity contribution is 5.93. The molecule has 36 heavy (non-hydrogen) atoms. The molecule has 0 atom stereocenters. The van der Waals surface area contributed by atoms with E-state index in [4.69, 9.17) is 14.0 Å². The number of ether oxygens (including phenoxy) is 2. The van der Waals surface area contributed by atoms with Gasteiger partial charge in [-0.15, -0.1) is 0 Å². The van der Waals surface area contributed by atoms with Gasteiger partial charge in [-0.05, 0) is 35.9 Å². The van der Waals surface area contributed by atoms with Crippen LogP contribution >= 0.6 is 0 Å². The summed E-state index contributed by atoms with van der Waals surface area (Å²) >= 11 is 0. The van der Waals surface area contributed by atoms with Crippen LogP contribution in [0.15, 0.2) is 82.2 Å². The minimum absolute atomic E-state index is 0.146. The summed E-state index contributed by atoms with van der Waals surface area (Å²) in [5.41, 5.74) is 2.13. The molecule has 0 spiro atoms. The maximum atomic E-state index is 13.1. The molecule has 5 aromatic rings. The van der Waals surface area contributed by atoms with Gasteiger partial charge in [0.2, 0.25) is 18.5 Å². The van der Waals surface area contributed by atoms with Gasteiger partial charge >= 0.3 is 0 Å². The van der Waals surface area contributed by atoms with Gasteiger partial charge in [-0.25, -0.2) is 0 Å². The number of carbonyl (C=O) groups excluding carboxylic acids is 1. The number of hydrogen-bond donors (Lipinski definition) is 1. The van der Waals surface area contributed by atoms with Crippen LogP contribution in [-0.2, 0) is 17.9 Å². The second-order valence-corrected chi connectivity index (χ2v) is 8.10. The van der Waals surface area contributed by atoms with Gasteiger partial charge < -0.3 is 19.3 Å². The van der Waals surface area contributed by atoms with E-state index in [2.05, 4.69) is 20.4 Å². The van der Waals surface area contributed by atoms with E-state index < -0.39 is 0 Å². The Morgan fingerprint density at radius 1 is 1.00 bits per heavy atom. The number of para-hydroxylation sites is 1. The summed E-state index contributed by atoms with van der Waals surface area (Å²) in [5, 5.41) is 7.57. The fourth-order valence-electron chi connectivity index (χ4n) is 4.06. The molecule has 1 aliphatic heterocycles. The van der Waals surface area contributed by atoms with Gasteiger partial charge in [0.05, 0.1) is 11.1 Å². The minimum atomic E-state index is -0.362. The number of nitrogens with zero attached hydrogens (tertiary/aromatic N) is 4. The molecule has 1 N–H and O–H groups in total. The molecule has 4 heterocycles. The highest BCUT2D eigenvalue weighted by atomic mass is 16.7. The lowest BCUT2D eigenvalue weighted by molar-refractivity contribution is -0.121. The molecule has 0 fully saturated rings. The van der Waals surface area contributed by atoms with Crippen LogP contribution in [0, 0.1) is 0 Å². The zero-order valence-corrected chi connectivity index (χ0v) is 18.9. The number of pyridine rings is 2. The zero-order chi connectivity index (χ0) is 24.5. The molecule has 178 valence electrons. The van der Waals surface area contributed by atoms with E-state index in [9.17, 15) is 9.59 Å². The first kappa shape index (κ1) is 21.5. The molecule has 10 nitrogen and oxygen atoms in total. The molecule has 0 saturated heterocycles. The average Bonchev–Trinajstić information content (AvgIpc) is 3.59. The molecule has 10 heteroatoms. The topological polar surface area (TPSA) is 121 Å². The van der Waals surface area contributed by atoms with Crippen molar-refractivity contribution in [2.24, 2.45) is 0 Å². The summed E-state index contributed by atoms with van der Waals surface area (Å²) in [6.45, 7) is 0.330. The predicted molar refractivity (Wildman–Crippen MR) is 129 cm³/mol. The molecular weight excluding hydrogens is 462 g/mol. The van der Waals surface area contributed by atoms with E-state index in [1.54, 1.807) is 36.5 Å². The van der Waals surface area contributed by atoms with Gasteiger partial charge in [0.15, 0.2) is 11.5 Å². The van der Waals surface area contributed by atoms with Crippen molar-refractivity contribution in [3.8, 4) is 34.5 Å². The van der Waals surface area contributed by atoms with Crippen LogP contribution in [0.5, 0.6) is 11.5 Å². The molecule has 0 bridgehead atoms.